The van der Waals surface area contributed by atoms with Crippen molar-refractivity contribution in [1.82, 2.24) is 14.8 Å². The molecule has 3 aromatic rings. The number of aromatic nitrogens is 3. The van der Waals surface area contributed by atoms with Crippen LogP contribution in [0, 0.1) is 6.92 Å². The molecule has 2 N–H and O–H groups in total. The second kappa shape index (κ2) is 7.62. The van der Waals surface area contributed by atoms with Crippen LogP contribution in [0.1, 0.15) is 15.2 Å². The summed E-state index contributed by atoms with van der Waals surface area (Å²) < 4.78 is 30.4. The minimum Gasteiger partial charge on any atom is -0.477 e. The van der Waals surface area contributed by atoms with Gasteiger partial charge in [0.2, 0.25) is 0 Å². The van der Waals surface area contributed by atoms with E-state index in [0.717, 1.165) is 0 Å². The summed E-state index contributed by atoms with van der Waals surface area (Å²) in [5.74, 6) is -1.15. The third-order valence-corrected chi connectivity index (χ3v) is 8.10. The maximum absolute atomic E-state index is 12.8. The van der Waals surface area contributed by atoms with Crippen LogP contribution in [-0.4, -0.2) is 34.3 Å². The van der Waals surface area contributed by atoms with Crippen LogP contribution in [-0.2, 0) is 17.1 Å². The molecule has 3 rings (SSSR count). The average molecular weight is 489 g/mol. The van der Waals surface area contributed by atoms with Gasteiger partial charge in [-0.05, 0) is 48.5 Å². The van der Waals surface area contributed by atoms with Gasteiger partial charge in [-0.15, -0.1) is 21.5 Å². The van der Waals surface area contributed by atoms with Crippen LogP contribution in [0.2, 0.25) is 0 Å². The van der Waals surface area contributed by atoms with Crippen LogP contribution in [0.15, 0.2) is 49.3 Å². The Kier molecular flexibility index (Phi) is 5.60. The summed E-state index contributed by atoms with van der Waals surface area (Å²) in [5.41, 5.74) is 0.746. The lowest BCUT2D eigenvalue weighted by molar-refractivity contribution is 0.0701. The average Bonchev–Trinajstić information content (AvgIpc) is 3.16. The molecule has 0 aliphatic carbocycles. The van der Waals surface area contributed by atoms with E-state index in [1.54, 1.807) is 43.1 Å². The molecular formula is C15H13BrN4O4S3. The van der Waals surface area contributed by atoms with E-state index >= 15 is 0 Å². The number of nitrogens with one attached hydrogen (secondary N) is 1. The van der Waals surface area contributed by atoms with E-state index < -0.39 is 16.0 Å². The number of benzene rings is 1. The third-order valence-electron chi connectivity index (χ3n) is 3.41. The Morgan fingerprint density at radius 1 is 1.37 bits per heavy atom. The number of halogens is 1. The van der Waals surface area contributed by atoms with Crippen LogP contribution in [0.3, 0.4) is 0 Å². The van der Waals surface area contributed by atoms with Gasteiger partial charge in [-0.1, -0.05) is 15.9 Å². The van der Waals surface area contributed by atoms with Crippen molar-refractivity contribution < 1.29 is 18.3 Å². The van der Waals surface area contributed by atoms with Gasteiger partial charge in [0.1, 0.15) is 15.4 Å². The molecule has 2 aromatic heterocycles. The second-order valence-corrected chi connectivity index (χ2v) is 10.3. The Hall–Kier alpha value is -1.89. The Labute approximate surface area is 171 Å². The van der Waals surface area contributed by atoms with Gasteiger partial charge in [-0.2, -0.15) is 0 Å². The van der Waals surface area contributed by atoms with Crippen LogP contribution in [0.5, 0.6) is 0 Å². The summed E-state index contributed by atoms with van der Waals surface area (Å²) in [6.07, 6.45) is 1.55. The fourth-order valence-electron chi connectivity index (χ4n) is 2.13. The molecule has 27 heavy (non-hydrogen) atoms. The van der Waals surface area contributed by atoms with E-state index in [4.69, 9.17) is 5.11 Å². The van der Waals surface area contributed by atoms with E-state index in [1.165, 1.54) is 17.8 Å². The summed E-state index contributed by atoms with van der Waals surface area (Å²) in [6.45, 7) is 1.56. The molecule has 0 saturated carbocycles. The van der Waals surface area contributed by atoms with Crippen molar-refractivity contribution >= 4 is 60.7 Å². The van der Waals surface area contributed by atoms with Crippen molar-refractivity contribution in [2.45, 2.75) is 21.2 Å². The first kappa shape index (κ1) is 19.9. The standard InChI is InChI=1S/C15H13BrN4O4S3/c1-8-5-12(26-13(8)14(21)22)27(23,24)19-10-6-9(16)3-4-11(10)25-15-18-17-7-20(15)2/h3-7,19H,1-2H3,(H,21,22). The third kappa shape index (κ3) is 4.34. The number of nitrogens with zero attached hydrogens (tertiary/aromatic N) is 3. The smallest absolute Gasteiger partial charge is 0.346 e. The number of anilines is 1. The van der Waals surface area contributed by atoms with Crippen molar-refractivity contribution in [2.75, 3.05) is 4.72 Å². The quantitative estimate of drug-likeness (QED) is 0.544. The van der Waals surface area contributed by atoms with Crippen LogP contribution in [0.4, 0.5) is 5.69 Å². The summed E-state index contributed by atoms with van der Waals surface area (Å²) in [4.78, 5) is 11.8. The maximum Gasteiger partial charge on any atom is 0.346 e. The van der Waals surface area contributed by atoms with E-state index in [2.05, 4.69) is 30.8 Å². The van der Waals surface area contributed by atoms with E-state index in [-0.39, 0.29) is 9.09 Å². The minimum absolute atomic E-state index is 0.00157. The predicted molar refractivity (Wildman–Crippen MR) is 106 cm³/mol. The molecule has 0 aliphatic heterocycles. The Bertz CT molecular complexity index is 1120. The summed E-state index contributed by atoms with van der Waals surface area (Å²) in [6, 6.07) is 6.52. The first-order valence-electron chi connectivity index (χ1n) is 7.35. The van der Waals surface area contributed by atoms with Crippen molar-refractivity contribution in [3.63, 3.8) is 0 Å². The Balaban J connectivity index is 1.96. The molecule has 0 bridgehead atoms. The zero-order chi connectivity index (χ0) is 19.8. The second-order valence-electron chi connectivity index (χ2n) is 5.46. The molecule has 0 atom stereocenters. The van der Waals surface area contributed by atoms with Crippen molar-refractivity contribution in [1.29, 1.82) is 0 Å². The molecule has 0 radical (unpaired) electrons. The van der Waals surface area contributed by atoms with Gasteiger partial charge in [0.05, 0.1) is 5.69 Å². The number of aromatic carboxylic acids is 1. The van der Waals surface area contributed by atoms with E-state index in [1.807, 2.05) is 0 Å². The molecule has 0 spiro atoms. The number of sulfonamides is 1. The molecule has 0 aliphatic rings. The number of carboxylic acid groups (broad SMARTS) is 1. The van der Waals surface area contributed by atoms with E-state index in [0.29, 0.717) is 37.1 Å². The molecular weight excluding hydrogens is 476 g/mol. The SMILES string of the molecule is Cc1cc(S(=O)(=O)Nc2cc(Br)ccc2Sc2nncn2C)sc1C(=O)O. The zero-order valence-electron chi connectivity index (χ0n) is 14.0. The summed E-state index contributed by atoms with van der Waals surface area (Å²) in [5, 5.41) is 17.5. The van der Waals surface area contributed by atoms with Crippen LogP contribution >= 0.6 is 39.0 Å². The number of hydrogen-bond donors (Lipinski definition) is 2. The lowest BCUT2D eigenvalue weighted by Crippen LogP contribution is -2.12. The highest BCUT2D eigenvalue weighted by Crippen LogP contribution is 2.36. The van der Waals surface area contributed by atoms with Gasteiger partial charge in [0.15, 0.2) is 5.16 Å². The lowest BCUT2D eigenvalue weighted by Gasteiger charge is -2.11. The fourth-order valence-corrected chi connectivity index (χ4v) is 5.83. The highest BCUT2D eigenvalue weighted by atomic mass is 79.9. The summed E-state index contributed by atoms with van der Waals surface area (Å²) >= 11 is 5.31. The molecule has 1 aromatic carbocycles. The number of carboxylic acids is 1. The Morgan fingerprint density at radius 2 is 2.11 bits per heavy atom. The maximum atomic E-state index is 12.8. The highest BCUT2D eigenvalue weighted by Gasteiger charge is 2.23. The highest BCUT2D eigenvalue weighted by molar-refractivity contribution is 9.10. The molecule has 0 saturated heterocycles. The van der Waals surface area contributed by atoms with Crippen LogP contribution in [0.25, 0.3) is 0 Å². The van der Waals surface area contributed by atoms with Gasteiger partial charge in [-0.3, -0.25) is 4.72 Å². The fraction of sp³-hybridized carbons (Fsp3) is 0.133. The number of carbonyl (C=O) groups is 1. The number of thiophene rings is 1. The van der Waals surface area contributed by atoms with Gasteiger partial charge < -0.3 is 9.67 Å². The number of rotatable bonds is 6. The van der Waals surface area contributed by atoms with Crippen LogP contribution < -0.4 is 4.72 Å². The minimum atomic E-state index is -3.95. The molecule has 0 unspecified atom stereocenters. The molecule has 0 fully saturated rings. The molecule has 12 heteroatoms. The molecule has 0 amide bonds. The Morgan fingerprint density at radius 3 is 2.70 bits per heavy atom. The van der Waals surface area contributed by atoms with Gasteiger partial charge in [-0.25, -0.2) is 13.2 Å². The normalized spacial score (nSPS) is 11.5. The van der Waals surface area contributed by atoms with Crippen molar-refractivity contribution in [2.24, 2.45) is 7.05 Å². The molecule has 142 valence electrons. The first-order chi connectivity index (χ1) is 12.7. The van der Waals surface area contributed by atoms with Gasteiger partial charge in [0, 0.05) is 16.4 Å². The van der Waals surface area contributed by atoms with Crippen molar-refractivity contribution in [3.8, 4) is 0 Å². The van der Waals surface area contributed by atoms with E-state index in [9.17, 15) is 13.2 Å². The van der Waals surface area contributed by atoms with Crippen molar-refractivity contribution in [3.05, 3.63) is 45.5 Å². The first-order valence-corrected chi connectivity index (χ1v) is 11.3. The lowest BCUT2D eigenvalue weighted by atomic mass is 10.3. The zero-order valence-corrected chi connectivity index (χ0v) is 18.0. The van der Waals surface area contributed by atoms with Gasteiger partial charge in [0.25, 0.3) is 10.0 Å². The topological polar surface area (TPSA) is 114 Å². The monoisotopic (exact) mass is 488 g/mol. The van der Waals surface area contributed by atoms with Gasteiger partial charge >= 0.3 is 5.97 Å². The number of aryl methyl sites for hydroxylation is 2. The summed E-state index contributed by atoms with van der Waals surface area (Å²) in [7, 11) is -2.16. The largest absolute Gasteiger partial charge is 0.477 e. The molecule has 8 nitrogen and oxygen atoms in total. The number of hydrogen-bond acceptors (Lipinski definition) is 7. The predicted octanol–water partition coefficient (Wildman–Crippen LogP) is 3.60. The molecule has 2 heterocycles.